The van der Waals surface area contributed by atoms with Crippen LogP contribution in [-0.2, 0) is 0 Å². The first-order valence-corrected chi connectivity index (χ1v) is 5.12. The topological polar surface area (TPSA) is 42.2 Å². The van der Waals surface area contributed by atoms with E-state index in [-0.39, 0.29) is 0 Å². The van der Waals surface area contributed by atoms with E-state index in [4.69, 9.17) is 0 Å². The number of hydrogen-bond acceptors (Lipinski definition) is 3. The average Bonchev–Trinajstić information content (AvgIpc) is 2.79. The van der Waals surface area contributed by atoms with Crippen LogP contribution in [0.2, 0.25) is 0 Å². The predicted octanol–water partition coefficient (Wildman–Crippen LogP) is 2.61. The zero-order valence-corrected chi connectivity index (χ0v) is 8.84. The van der Waals surface area contributed by atoms with Crippen molar-refractivity contribution < 1.29 is 4.39 Å². The van der Waals surface area contributed by atoms with Crippen molar-refractivity contribution in [1.82, 2.24) is 14.4 Å². The number of rotatable bonds is 2. The molecule has 84 valence electrons. The number of imidazole rings is 1. The second-order valence-electron chi connectivity index (χ2n) is 3.60. The van der Waals surface area contributed by atoms with Crippen LogP contribution in [-0.4, -0.2) is 14.4 Å². The van der Waals surface area contributed by atoms with Crippen LogP contribution in [0.15, 0.2) is 49.1 Å². The summed E-state index contributed by atoms with van der Waals surface area (Å²) in [5, 5.41) is 3.13. The normalized spacial score (nSPS) is 10.6. The number of pyridine rings is 2. The summed E-state index contributed by atoms with van der Waals surface area (Å²) in [5.41, 5.74) is 2.48. The molecular formula is C12H9FN4. The fraction of sp³-hybridized carbons (Fsp3) is 0. The van der Waals surface area contributed by atoms with Crippen LogP contribution in [0.1, 0.15) is 0 Å². The molecule has 0 spiro atoms. The number of halogens is 1. The maximum absolute atomic E-state index is 12.6. The van der Waals surface area contributed by atoms with E-state index in [0.29, 0.717) is 0 Å². The van der Waals surface area contributed by atoms with Crippen LogP contribution in [0.4, 0.5) is 15.8 Å². The Kier molecular flexibility index (Phi) is 2.22. The van der Waals surface area contributed by atoms with Gasteiger partial charge in [-0.05, 0) is 18.2 Å². The summed E-state index contributed by atoms with van der Waals surface area (Å²) in [6, 6.07) is 6.77. The van der Waals surface area contributed by atoms with Crippen LogP contribution in [0.3, 0.4) is 0 Å². The Morgan fingerprint density at radius 2 is 2.00 bits per heavy atom. The third-order valence-electron chi connectivity index (χ3n) is 2.41. The molecule has 3 aromatic heterocycles. The molecule has 3 aromatic rings. The van der Waals surface area contributed by atoms with E-state index >= 15 is 0 Å². The Morgan fingerprint density at radius 3 is 2.82 bits per heavy atom. The molecule has 3 heterocycles. The summed E-state index contributed by atoms with van der Waals surface area (Å²) < 4.78 is 14.6. The number of nitrogens with zero attached hydrogens (tertiary/aromatic N) is 3. The van der Waals surface area contributed by atoms with Gasteiger partial charge in [-0.2, -0.15) is 4.39 Å². The van der Waals surface area contributed by atoms with E-state index in [9.17, 15) is 4.39 Å². The third kappa shape index (κ3) is 1.94. The first kappa shape index (κ1) is 9.77. The lowest BCUT2D eigenvalue weighted by atomic mass is 10.3. The highest BCUT2D eigenvalue weighted by Crippen LogP contribution is 2.16. The van der Waals surface area contributed by atoms with Gasteiger partial charge >= 0.3 is 0 Å². The van der Waals surface area contributed by atoms with Crippen LogP contribution in [0.25, 0.3) is 5.65 Å². The van der Waals surface area contributed by atoms with Crippen molar-refractivity contribution in [2.45, 2.75) is 0 Å². The highest BCUT2D eigenvalue weighted by atomic mass is 19.1. The molecule has 3 rings (SSSR count). The fourth-order valence-corrected chi connectivity index (χ4v) is 1.60. The molecule has 4 nitrogen and oxygen atoms in total. The van der Waals surface area contributed by atoms with Gasteiger partial charge in [0.2, 0.25) is 5.95 Å². The molecule has 0 bridgehead atoms. The van der Waals surface area contributed by atoms with E-state index in [1.54, 1.807) is 12.3 Å². The van der Waals surface area contributed by atoms with Gasteiger partial charge in [0.1, 0.15) is 5.65 Å². The molecule has 1 N–H and O–H groups in total. The lowest BCUT2D eigenvalue weighted by Crippen LogP contribution is -1.93. The molecule has 0 aliphatic heterocycles. The Bertz CT molecular complexity index is 645. The fourth-order valence-electron chi connectivity index (χ4n) is 1.60. The average molecular weight is 228 g/mol. The molecule has 0 amide bonds. The SMILES string of the molecule is Fc1ccc(Nc2ccn3ccnc3c2)cn1. The van der Waals surface area contributed by atoms with Gasteiger partial charge in [-0.3, -0.25) is 0 Å². The molecule has 0 saturated heterocycles. The summed E-state index contributed by atoms with van der Waals surface area (Å²) in [4.78, 5) is 7.76. The van der Waals surface area contributed by atoms with E-state index < -0.39 is 5.95 Å². The predicted molar refractivity (Wildman–Crippen MR) is 62.7 cm³/mol. The minimum Gasteiger partial charge on any atom is -0.354 e. The maximum atomic E-state index is 12.6. The van der Waals surface area contributed by atoms with Crippen LogP contribution in [0, 0.1) is 5.95 Å². The second kappa shape index (κ2) is 3.86. The quantitative estimate of drug-likeness (QED) is 0.685. The van der Waals surface area contributed by atoms with Crippen LogP contribution < -0.4 is 5.32 Å². The number of anilines is 2. The minimum absolute atomic E-state index is 0.487. The molecular weight excluding hydrogens is 219 g/mol. The second-order valence-corrected chi connectivity index (χ2v) is 3.60. The van der Waals surface area contributed by atoms with Gasteiger partial charge in [0.05, 0.1) is 11.9 Å². The van der Waals surface area contributed by atoms with Crippen molar-refractivity contribution in [2.75, 3.05) is 5.32 Å². The maximum Gasteiger partial charge on any atom is 0.212 e. The molecule has 0 radical (unpaired) electrons. The van der Waals surface area contributed by atoms with Crippen molar-refractivity contribution in [3.8, 4) is 0 Å². The minimum atomic E-state index is -0.487. The highest BCUT2D eigenvalue weighted by molar-refractivity contribution is 5.62. The lowest BCUT2D eigenvalue weighted by molar-refractivity contribution is 0.584. The van der Waals surface area contributed by atoms with E-state index in [1.807, 2.05) is 28.9 Å². The molecule has 0 atom stereocenters. The van der Waals surface area contributed by atoms with E-state index in [1.165, 1.54) is 12.3 Å². The van der Waals surface area contributed by atoms with E-state index in [0.717, 1.165) is 17.0 Å². The van der Waals surface area contributed by atoms with Gasteiger partial charge in [0.25, 0.3) is 0 Å². The number of hydrogen-bond donors (Lipinski definition) is 1. The number of nitrogens with one attached hydrogen (secondary N) is 1. The molecule has 0 fully saturated rings. The summed E-state index contributed by atoms with van der Waals surface area (Å²) in [6.07, 6.45) is 6.96. The summed E-state index contributed by atoms with van der Waals surface area (Å²) in [7, 11) is 0. The van der Waals surface area contributed by atoms with Crippen molar-refractivity contribution in [2.24, 2.45) is 0 Å². The lowest BCUT2D eigenvalue weighted by Gasteiger charge is -2.05. The summed E-state index contributed by atoms with van der Waals surface area (Å²) in [6.45, 7) is 0. The van der Waals surface area contributed by atoms with Crippen molar-refractivity contribution in [3.63, 3.8) is 0 Å². The van der Waals surface area contributed by atoms with Gasteiger partial charge in [0, 0.05) is 30.3 Å². The first-order chi connectivity index (χ1) is 8.31. The smallest absolute Gasteiger partial charge is 0.212 e. The van der Waals surface area contributed by atoms with Gasteiger partial charge < -0.3 is 9.72 Å². The third-order valence-corrected chi connectivity index (χ3v) is 2.41. The number of fused-ring (bicyclic) bond motifs is 1. The van der Waals surface area contributed by atoms with Gasteiger partial charge in [-0.1, -0.05) is 0 Å². The Balaban J connectivity index is 1.91. The molecule has 0 saturated carbocycles. The summed E-state index contributed by atoms with van der Waals surface area (Å²) in [5.74, 6) is -0.487. The number of aromatic nitrogens is 3. The van der Waals surface area contributed by atoms with Gasteiger partial charge in [0.15, 0.2) is 0 Å². The standard InChI is InChI=1S/C12H9FN4/c13-11-2-1-10(8-15-11)16-9-3-5-17-6-4-14-12(17)7-9/h1-8,16H. The Labute approximate surface area is 96.8 Å². The monoisotopic (exact) mass is 228 g/mol. The van der Waals surface area contributed by atoms with Crippen LogP contribution in [0.5, 0.6) is 0 Å². The highest BCUT2D eigenvalue weighted by Gasteiger charge is 1.98. The van der Waals surface area contributed by atoms with Crippen molar-refractivity contribution in [3.05, 3.63) is 55.0 Å². The van der Waals surface area contributed by atoms with Crippen molar-refractivity contribution >= 4 is 17.0 Å². The molecule has 5 heteroatoms. The first-order valence-electron chi connectivity index (χ1n) is 5.12. The molecule has 17 heavy (non-hydrogen) atoms. The molecule has 0 aliphatic carbocycles. The van der Waals surface area contributed by atoms with Gasteiger partial charge in [-0.25, -0.2) is 9.97 Å². The zero-order chi connectivity index (χ0) is 11.7. The molecule has 0 unspecified atom stereocenters. The van der Waals surface area contributed by atoms with Crippen LogP contribution >= 0.6 is 0 Å². The van der Waals surface area contributed by atoms with E-state index in [2.05, 4.69) is 15.3 Å². The Hall–Kier alpha value is -2.43. The molecule has 0 aromatic carbocycles. The zero-order valence-electron chi connectivity index (χ0n) is 8.84. The molecule has 0 aliphatic rings. The largest absolute Gasteiger partial charge is 0.354 e. The van der Waals surface area contributed by atoms with Crippen molar-refractivity contribution in [1.29, 1.82) is 0 Å². The Morgan fingerprint density at radius 1 is 1.06 bits per heavy atom. The summed E-state index contributed by atoms with van der Waals surface area (Å²) >= 11 is 0. The van der Waals surface area contributed by atoms with Gasteiger partial charge in [-0.15, -0.1) is 0 Å².